The maximum Gasteiger partial charge on any atom is 0.174 e. The zero-order valence-electron chi connectivity index (χ0n) is 11.2. The number of phenols is 2. The number of hydrogen-bond acceptors (Lipinski definition) is 4. The molecule has 0 saturated carbocycles. The Morgan fingerprint density at radius 1 is 0.952 bits per heavy atom. The minimum atomic E-state index is 0.188. The molecule has 0 radical (unpaired) electrons. The third kappa shape index (κ3) is 1.80. The number of aromatic nitrogens is 1. The van der Waals surface area contributed by atoms with Crippen molar-refractivity contribution in [3.05, 3.63) is 53.6 Å². The van der Waals surface area contributed by atoms with Crippen molar-refractivity contribution >= 4 is 0 Å². The van der Waals surface area contributed by atoms with Crippen LogP contribution in [0.1, 0.15) is 11.1 Å². The number of nitrogens with zero attached hydrogens (tertiary/aromatic N) is 1. The van der Waals surface area contributed by atoms with Gasteiger partial charge in [-0.15, -0.1) is 0 Å². The van der Waals surface area contributed by atoms with Gasteiger partial charge < -0.3 is 14.7 Å². The second-order valence-corrected chi connectivity index (χ2v) is 5.20. The van der Waals surface area contributed by atoms with E-state index in [0.717, 1.165) is 35.2 Å². The lowest BCUT2D eigenvalue weighted by Crippen LogP contribution is -2.03. The van der Waals surface area contributed by atoms with Crippen LogP contribution in [-0.2, 0) is 12.8 Å². The molecule has 3 aromatic rings. The van der Waals surface area contributed by atoms with Crippen LogP contribution < -0.4 is 0 Å². The summed E-state index contributed by atoms with van der Waals surface area (Å²) in [7, 11) is 0. The lowest BCUT2D eigenvalue weighted by atomic mass is 9.88. The van der Waals surface area contributed by atoms with Gasteiger partial charge in [0.2, 0.25) is 0 Å². The first kappa shape index (κ1) is 12.0. The Hall–Kier alpha value is -2.75. The van der Waals surface area contributed by atoms with E-state index in [1.54, 1.807) is 24.3 Å². The molecule has 2 aromatic carbocycles. The number of benzene rings is 2. The fraction of sp³-hybridized carbons (Fsp3) is 0.118. The van der Waals surface area contributed by atoms with E-state index in [9.17, 15) is 10.2 Å². The molecule has 0 saturated heterocycles. The molecule has 4 heteroatoms. The van der Waals surface area contributed by atoms with Crippen LogP contribution in [0, 0.1) is 0 Å². The molecular formula is C17H13NO3. The highest BCUT2D eigenvalue weighted by atomic mass is 16.5. The monoisotopic (exact) mass is 279 g/mol. The Bertz CT molecular complexity index is 836. The van der Waals surface area contributed by atoms with Crippen molar-refractivity contribution in [2.75, 3.05) is 0 Å². The summed E-state index contributed by atoms with van der Waals surface area (Å²) in [5.74, 6) is 1.08. The highest BCUT2D eigenvalue weighted by molar-refractivity contribution is 5.78. The summed E-state index contributed by atoms with van der Waals surface area (Å²) in [4.78, 5) is 0. The van der Waals surface area contributed by atoms with E-state index in [1.165, 1.54) is 0 Å². The lowest BCUT2D eigenvalue weighted by molar-refractivity contribution is 0.428. The quantitative estimate of drug-likeness (QED) is 0.715. The standard InChI is InChI=1S/C17H13NO3/c19-11-6-8-12-10(9-11)5-7-14-16(12)18-21-17(14)13-3-1-2-4-15(13)20/h1-4,6,8-9,19-20H,5,7H2. The van der Waals surface area contributed by atoms with Gasteiger partial charge in [-0.05, 0) is 48.7 Å². The molecule has 1 aromatic heterocycles. The van der Waals surface area contributed by atoms with Gasteiger partial charge in [0.15, 0.2) is 5.76 Å². The van der Waals surface area contributed by atoms with Crippen molar-refractivity contribution in [3.8, 4) is 34.1 Å². The average molecular weight is 279 g/mol. The number of aryl methyl sites for hydroxylation is 1. The molecular weight excluding hydrogens is 266 g/mol. The second-order valence-electron chi connectivity index (χ2n) is 5.20. The largest absolute Gasteiger partial charge is 0.508 e. The Kier molecular flexibility index (Phi) is 2.51. The maximum atomic E-state index is 9.99. The Labute approximate surface area is 121 Å². The Balaban J connectivity index is 1.90. The maximum absolute atomic E-state index is 9.99. The molecule has 0 amide bonds. The Morgan fingerprint density at radius 2 is 1.81 bits per heavy atom. The summed E-state index contributed by atoms with van der Waals surface area (Å²) < 4.78 is 5.50. The first-order valence-corrected chi connectivity index (χ1v) is 6.83. The van der Waals surface area contributed by atoms with Gasteiger partial charge in [0.25, 0.3) is 0 Å². The molecule has 1 aliphatic rings. The van der Waals surface area contributed by atoms with E-state index >= 15 is 0 Å². The average Bonchev–Trinajstić information content (AvgIpc) is 2.91. The molecule has 21 heavy (non-hydrogen) atoms. The van der Waals surface area contributed by atoms with Crippen LogP contribution in [0.4, 0.5) is 0 Å². The topological polar surface area (TPSA) is 66.5 Å². The SMILES string of the molecule is Oc1ccc2c(c1)CCc1c-2noc1-c1ccccc1O. The smallest absolute Gasteiger partial charge is 0.174 e. The first-order valence-electron chi connectivity index (χ1n) is 6.83. The minimum absolute atomic E-state index is 0.188. The van der Waals surface area contributed by atoms with Crippen molar-refractivity contribution in [1.29, 1.82) is 0 Å². The highest BCUT2D eigenvalue weighted by Crippen LogP contribution is 2.41. The van der Waals surface area contributed by atoms with Gasteiger partial charge in [-0.1, -0.05) is 17.3 Å². The van der Waals surface area contributed by atoms with E-state index in [4.69, 9.17) is 4.52 Å². The normalized spacial score (nSPS) is 12.8. The van der Waals surface area contributed by atoms with Gasteiger partial charge in [0.05, 0.1) is 5.56 Å². The second kappa shape index (κ2) is 4.38. The first-order chi connectivity index (χ1) is 10.2. The van der Waals surface area contributed by atoms with Gasteiger partial charge in [-0.3, -0.25) is 0 Å². The molecule has 1 aliphatic carbocycles. The highest BCUT2D eigenvalue weighted by Gasteiger charge is 2.26. The van der Waals surface area contributed by atoms with Crippen LogP contribution in [0.15, 0.2) is 47.0 Å². The van der Waals surface area contributed by atoms with Crippen LogP contribution in [0.25, 0.3) is 22.6 Å². The van der Waals surface area contributed by atoms with E-state index in [0.29, 0.717) is 11.3 Å². The number of para-hydroxylation sites is 1. The third-order valence-electron chi connectivity index (χ3n) is 3.93. The van der Waals surface area contributed by atoms with Crippen LogP contribution in [0.2, 0.25) is 0 Å². The van der Waals surface area contributed by atoms with Crippen LogP contribution >= 0.6 is 0 Å². The summed E-state index contributed by atoms with van der Waals surface area (Å²) in [5.41, 5.74) is 4.52. The van der Waals surface area contributed by atoms with Gasteiger partial charge >= 0.3 is 0 Å². The van der Waals surface area contributed by atoms with E-state index in [1.807, 2.05) is 18.2 Å². The lowest BCUT2D eigenvalue weighted by Gasteiger charge is -2.15. The fourth-order valence-corrected chi connectivity index (χ4v) is 2.91. The molecule has 0 atom stereocenters. The van der Waals surface area contributed by atoms with Crippen molar-refractivity contribution in [1.82, 2.24) is 5.16 Å². The summed E-state index contributed by atoms with van der Waals surface area (Å²) in [5, 5.41) is 23.8. The minimum Gasteiger partial charge on any atom is -0.508 e. The van der Waals surface area contributed by atoms with E-state index in [2.05, 4.69) is 5.16 Å². The number of aromatic hydroxyl groups is 2. The zero-order valence-corrected chi connectivity index (χ0v) is 11.2. The van der Waals surface area contributed by atoms with Gasteiger partial charge in [0.1, 0.15) is 17.2 Å². The molecule has 0 unspecified atom stereocenters. The number of fused-ring (bicyclic) bond motifs is 3. The predicted molar refractivity (Wildman–Crippen MR) is 78.1 cm³/mol. The van der Waals surface area contributed by atoms with Crippen molar-refractivity contribution in [3.63, 3.8) is 0 Å². The fourth-order valence-electron chi connectivity index (χ4n) is 2.91. The molecule has 0 spiro atoms. The van der Waals surface area contributed by atoms with Crippen molar-refractivity contribution in [2.45, 2.75) is 12.8 Å². The molecule has 4 nitrogen and oxygen atoms in total. The van der Waals surface area contributed by atoms with Crippen molar-refractivity contribution in [2.24, 2.45) is 0 Å². The predicted octanol–water partition coefficient (Wildman–Crippen LogP) is 3.52. The summed E-state index contributed by atoms with van der Waals surface area (Å²) in [6.07, 6.45) is 1.59. The van der Waals surface area contributed by atoms with E-state index < -0.39 is 0 Å². The molecule has 4 rings (SSSR count). The Morgan fingerprint density at radius 3 is 2.67 bits per heavy atom. The molecule has 0 aliphatic heterocycles. The molecule has 1 heterocycles. The van der Waals surface area contributed by atoms with Gasteiger partial charge in [0, 0.05) is 11.1 Å². The number of rotatable bonds is 1. The summed E-state index contributed by atoms with van der Waals surface area (Å²) in [6.45, 7) is 0. The zero-order chi connectivity index (χ0) is 14.4. The van der Waals surface area contributed by atoms with Gasteiger partial charge in [-0.25, -0.2) is 0 Å². The third-order valence-corrected chi connectivity index (χ3v) is 3.93. The van der Waals surface area contributed by atoms with Crippen LogP contribution in [-0.4, -0.2) is 15.4 Å². The summed E-state index contributed by atoms with van der Waals surface area (Å²) in [6, 6.07) is 12.4. The molecule has 2 N–H and O–H groups in total. The molecule has 0 fully saturated rings. The number of phenolic OH excluding ortho intramolecular Hbond substituents is 2. The summed E-state index contributed by atoms with van der Waals surface area (Å²) >= 11 is 0. The number of hydrogen-bond donors (Lipinski definition) is 2. The van der Waals surface area contributed by atoms with Crippen LogP contribution in [0.3, 0.4) is 0 Å². The van der Waals surface area contributed by atoms with Gasteiger partial charge in [-0.2, -0.15) is 0 Å². The van der Waals surface area contributed by atoms with Crippen LogP contribution in [0.5, 0.6) is 11.5 Å². The molecule has 0 bridgehead atoms. The molecule has 104 valence electrons. The van der Waals surface area contributed by atoms with Crippen molar-refractivity contribution < 1.29 is 14.7 Å². The van der Waals surface area contributed by atoms with E-state index in [-0.39, 0.29) is 11.5 Å².